The molecule has 4 rings (SSSR count). The van der Waals surface area contributed by atoms with Crippen molar-refractivity contribution in [3.63, 3.8) is 0 Å². The Hall–Kier alpha value is -2.71. The van der Waals surface area contributed by atoms with E-state index in [1.807, 2.05) is 11.8 Å². The third kappa shape index (κ3) is 4.33. The molecule has 2 aliphatic rings. The molecule has 154 valence electrons. The van der Waals surface area contributed by atoms with Crippen LogP contribution < -0.4 is 4.90 Å². The summed E-state index contributed by atoms with van der Waals surface area (Å²) in [6, 6.07) is 3.33. The Morgan fingerprint density at radius 1 is 1.14 bits per heavy atom. The number of amides is 1. The number of fused-ring (bicyclic) bond motifs is 1. The van der Waals surface area contributed by atoms with Crippen LogP contribution in [0.4, 0.5) is 19.0 Å². The molecule has 2 aromatic rings. The monoisotopic (exact) mass is 405 g/mol. The number of hydrogen-bond donors (Lipinski definition) is 0. The van der Waals surface area contributed by atoms with E-state index in [-0.39, 0.29) is 11.5 Å². The number of rotatable bonds is 3. The van der Waals surface area contributed by atoms with Gasteiger partial charge in [-0.2, -0.15) is 13.2 Å². The van der Waals surface area contributed by atoms with Gasteiger partial charge in [-0.3, -0.25) is 9.78 Å². The first-order chi connectivity index (χ1) is 13.8. The molecule has 4 heterocycles. The van der Waals surface area contributed by atoms with Crippen molar-refractivity contribution in [3.8, 4) is 0 Å². The average molecular weight is 405 g/mol. The van der Waals surface area contributed by atoms with E-state index in [0.29, 0.717) is 31.0 Å². The van der Waals surface area contributed by atoms with Crippen LogP contribution in [0.5, 0.6) is 0 Å². The van der Waals surface area contributed by atoms with Gasteiger partial charge in [0, 0.05) is 44.5 Å². The molecule has 0 atom stereocenters. The van der Waals surface area contributed by atoms with E-state index in [1.165, 1.54) is 6.20 Å². The highest BCUT2D eigenvalue weighted by atomic mass is 19.4. The smallest absolute Gasteiger partial charge is 0.350 e. The molecule has 0 radical (unpaired) electrons. The summed E-state index contributed by atoms with van der Waals surface area (Å²) < 4.78 is 38.1. The molecule has 6 nitrogen and oxygen atoms in total. The summed E-state index contributed by atoms with van der Waals surface area (Å²) in [5.41, 5.74) is 2.91. The third-order valence-electron chi connectivity index (χ3n) is 5.37. The highest BCUT2D eigenvalue weighted by Crippen LogP contribution is 2.27. The quantitative estimate of drug-likeness (QED) is 0.785. The minimum Gasteiger partial charge on any atom is -0.350 e. The van der Waals surface area contributed by atoms with Crippen molar-refractivity contribution >= 4 is 11.7 Å². The number of alkyl halides is 3. The van der Waals surface area contributed by atoms with Crippen molar-refractivity contribution in [2.45, 2.75) is 45.3 Å². The number of aromatic nitrogens is 3. The van der Waals surface area contributed by atoms with Crippen molar-refractivity contribution in [1.29, 1.82) is 0 Å². The number of aryl methyl sites for hydroxylation is 1. The van der Waals surface area contributed by atoms with Gasteiger partial charge in [-0.05, 0) is 42.5 Å². The number of hydrogen-bond acceptors (Lipinski definition) is 5. The maximum atomic E-state index is 12.7. The van der Waals surface area contributed by atoms with Gasteiger partial charge in [-0.15, -0.1) is 10.2 Å². The Bertz CT molecular complexity index is 925. The van der Waals surface area contributed by atoms with Gasteiger partial charge in [-0.1, -0.05) is 6.07 Å². The minimum atomic E-state index is -4.26. The molecule has 0 saturated carbocycles. The van der Waals surface area contributed by atoms with E-state index in [1.54, 1.807) is 17.0 Å². The minimum absolute atomic E-state index is 0.102. The van der Waals surface area contributed by atoms with Crippen LogP contribution in [0.3, 0.4) is 0 Å². The number of anilines is 1. The molecule has 2 aliphatic heterocycles. The second kappa shape index (κ2) is 7.61. The van der Waals surface area contributed by atoms with E-state index in [2.05, 4.69) is 15.2 Å². The summed E-state index contributed by atoms with van der Waals surface area (Å²) in [4.78, 5) is 20.5. The van der Waals surface area contributed by atoms with Crippen molar-refractivity contribution < 1.29 is 18.0 Å². The molecule has 0 aliphatic carbocycles. The standard InChI is InChI=1S/C20H22F3N5O/c1-13-8-17(19(29)27-5-2-3-6-27)25-26-18(13)28-7-4-16-15(12-28)9-14(11-24-16)10-20(21,22)23/h8-9,11H,2-7,10,12H2,1H3. The van der Waals surface area contributed by atoms with E-state index in [0.717, 1.165) is 42.8 Å². The van der Waals surface area contributed by atoms with Crippen molar-refractivity contribution in [1.82, 2.24) is 20.1 Å². The number of pyridine rings is 1. The lowest BCUT2D eigenvalue weighted by atomic mass is 10.0. The van der Waals surface area contributed by atoms with Gasteiger partial charge in [-0.25, -0.2) is 0 Å². The normalized spacial score (nSPS) is 16.8. The largest absolute Gasteiger partial charge is 0.393 e. The molecule has 0 spiro atoms. The van der Waals surface area contributed by atoms with E-state index in [4.69, 9.17) is 0 Å². The third-order valence-corrected chi connectivity index (χ3v) is 5.37. The van der Waals surface area contributed by atoms with E-state index >= 15 is 0 Å². The number of carbonyl (C=O) groups is 1. The molecule has 1 saturated heterocycles. The zero-order valence-electron chi connectivity index (χ0n) is 16.2. The topological polar surface area (TPSA) is 62.2 Å². The lowest BCUT2D eigenvalue weighted by Crippen LogP contribution is -2.33. The Balaban J connectivity index is 1.52. The predicted octanol–water partition coefficient (Wildman–Crippen LogP) is 3.08. The number of halogens is 3. The van der Waals surface area contributed by atoms with Crippen LogP contribution in [-0.2, 0) is 19.4 Å². The van der Waals surface area contributed by atoms with Crippen LogP contribution >= 0.6 is 0 Å². The predicted molar refractivity (Wildman–Crippen MR) is 101 cm³/mol. The Labute approximate surface area is 166 Å². The second-order valence-electron chi connectivity index (χ2n) is 7.65. The average Bonchev–Trinajstić information content (AvgIpc) is 3.20. The molecule has 0 aromatic carbocycles. The van der Waals surface area contributed by atoms with Gasteiger partial charge in [0.25, 0.3) is 5.91 Å². The van der Waals surface area contributed by atoms with E-state index < -0.39 is 12.6 Å². The van der Waals surface area contributed by atoms with Gasteiger partial charge in [0.15, 0.2) is 11.5 Å². The molecular weight excluding hydrogens is 383 g/mol. The van der Waals surface area contributed by atoms with Crippen LogP contribution in [0.2, 0.25) is 0 Å². The zero-order valence-corrected chi connectivity index (χ0v) is 16.2. The SMILES string of the molecule is Cc1cc(C(=O)N2CCCC2)nnc1N1CCc2ncc(CC(F)(F)F)cc2C1. The van der Waals surface area contributed by atoms with Gasteiger partial charge >= 0.3 is 6.18 Å². The fourth-order valence-electron chi connectivity index (χ4n) is 3.96. The molecule has 29 heavy (non-hydrogen) atoms. The van der Waals surface area contributed by atoms with Gasteiger partial charge < -0.3 is 9.80 Å². The molecule has 0 unspecified atom stereocenters. The van der Waals surface area contributed by atoms with Crippen molar-refractivity contribution in [2.24, 2.45) is 0 Å². The molecule has 2 aromatic heterocycles. The Morgan fingerprint density at radius 3 is 2.59 bits per heavy atom. The first kappa shape index (κ1) is 19.6. The second-order valence-corrected chi connectivity index (χ2v) is 7.65. The summed E-state index contributed by atoms with van der Waals surface area (Å²) in [6.45, 7) is 4.43. The molecule has 0 N–H and O–H groups in total. The summed E-state index contributed by atoms with van der Waals surface area (Å²) in [5.74, 6) is 0.546. The van der Waals surface area contributed by atoms with Crippen LogP contribution in [0.1, 0.15) is 45.7 Å². The van der Waals surface area contributed by atoms with Crippen LogP contribution in [0.15, 0.2) is 18.3 Å². The molecule has 1 amide bonds. The lowest BCUT2D eigenvalue weighted by Gasteiger charge is -2.30. The van der Waals surface area contributed by atoms with Crippen LogP contribution in [-0.4, -0.2) is 51.8 Å². The number of carbonyl (C=O) groups excluding carboxylic acids is 1. The fraction of sp³-hybridized carbons (Fsp3) is 0.500. The summed E-state index contributed by atoms with van der Waals surface area (Å²) >= 11 is 0. The molecule has 0 bridgehead atoms. The maximum Gasteiger partial charge on any atom is 0.393 e. The fourth-order valence-corrected chi connectivity index (χ4v) is 3.96. The number of nitrogens with zero attached hydrogens (tertiary/aromatic N) is 5. The summed E-state index contributed by atoms with van der Waals surface area (Å²) in [6.07, 6.45) is -1.30. The molecular formula is C20H22F3N5O. The Morgan fingerprint density at radius 2 is 1.90 bits per heavy atom. The maximum absolute atomic E-state index is 12.7. The summed E-state index contributed by atoms with van der Waals surface area (Å²) in [5, 5.41) is 8.41. The van der Waals surface area contributed by atoms with Crippen molar-refractivity contribution in [2.75, 3.05) is 24.5 Å². The van der Waals surface area contributed by atoms with Gasteiger partial charge in [0.05, 0.1) is 6.42 Å². The van der Waals surface area contributed by atoms with Gasteiger partial charge in [0.1, 0.15) is 0 Å². The molecule has 1 fully saturated rings. The van der Waals surface area contributed by atoms with Crippen molar-refractivity contribution in [3.05, 3.63) is 46.4 Å². The van der Waals surface area contributed by atoms with Gasteiger partial charge in [0.2, 0.25) is 0 Å². The Kier molecular flexibility index (Phi) is 5.14. The van der Waals surface area contributed by atoms with Crippen LogP contribution in [0.25, 0.3) is 0 Å². The lowest BCUT2D eigenvalue weighted by molar-refractivity contribution is -0.127. The molecule has 9 heteroatoms. The summed E-state index contributed by atoms with van der Waals surface area (Å²) in [7, 11) is 0. The first-order valence-electron chi connectivity index (χ1n) is 9.72. The highest BCUT2D eigenvalue weighted by molar-refractivity contribution is 5.92. The zero-order chi connectivity index (χ0) is 20.6. The van der Waals surface area contributed by atoms with Crippen LogP contribution in [0, 0.1) is 6.92 Å². The highest BCUT2D eigenvalue weighted by Gasteiger charge is 2.29. The first-order valence-corrected chi connectivity index (χ1v) is 9.72. The number of likely N-dealkylation sites (tertiary alicyclic amines) is 1. The van der Waals surface area contributed by atoms with E-state index in [9.17, 15) is 18.0 Å².